The van der Waals surface area contributed by atoms with Crippen molar-refractivity contribution in [3.63, 3.8) is 0 Å². The molecular formula is C9H15FN2O. The van der Waals surface area contributed by atoms with Crippen molar-refractivity contribution in [1.29, 1.82) is 5.41 Å². The molecule has 0 radical (unpaired) electrons. The standard InChI is InChI=1S/C9H15FN2O/c1-6(11)8-4-7(12-5-13)2-3-9(8)10/h5,7-9,11H,2-4H2,1H3,(H,12,13)/t7?,8-,9?/m1/s1. The summed E-state index contributed by atoms with van der Waals surface area (Å²) in [4.78, 5) is 10.2. The van der Waals surface area contributed by atoms with Crippen LogP contribution >= 0.6 is 0 Å². The highest BCUT2D eigenvalue weighted by molar-refractivity contribution is 5.82. The third-order valence-electron chi connectivity index (χ3n) is 2.63. The summed E-state index contributed by atoms with van der Waals surface area (Å²) in [6.07, 6.45) is 1.45. The third kappa shape index (κ3) is 2.50. The van der Waals surface area contributed by atoms with Gasteiger partial charge in [-0.3, -0.25) is 4.79 Å². The van der Waals surface area contributed by atoms with Crippen LogP contribution in [-0.4, -0.2) is 24.3 Å². The largest absolute Gasteiger partial charge is 0.356 e. The fourth-order valence-electron chi connectivity index (χ4n) is 1.83. The SMILES string of the molecule is CC(=N)[C@H]1CC(NC=O)CCC1F. The van der Waals surface area contributed by atoms with Gasteiger partial charge in [0.05, 0.1) is 0 Å². The molecule has 0 aromatic heterocycles. The molecule has 0 aliphatic heterocycles. The van der Waals surface area contributed by atoms with Crippen LogP contribution in [0.2, 0.25) is 0 Å². The summed E-state index contributed by atoms with van der Waals surface area (Å²) in [6.45, 7) is 1.63. The van der Waals surface area contributed by atoms with Gasteiger partial charge in [-0.25, -0.2) is 4.39 Å². The van der Waals surface area contributed by atoms with Gasteiger partial charge in [-0.15, -0.1) is 0 Å². The van der Waals surface area contributed by atoms with E-state index in [0.29, 0.717) is 31.4 Å². The quantitative estimate of drug-likeness (QED) is 0.506. The summed E-state index contributed by atoms with van der Waals surface area (Å²) < 4.78 is 13.3. The number of halogens is 1. The normalized spacial score (nSPS) is 33.8. The van der Waals surface area contributed by atoms with Crippen molar-refractivity contribution in [2.45, 2.75) is 38.4 Å². The van der Waals surface area contributed by atoms with E-state index in [9.17, 15) is 9.18 Å². The monoisotopic (exact) mass is 186 g/mol. The Labute approximate surface area is 77.2 Å². The molecule has 74 valence electrons. The van der Waals surface area contributed by atoms with E-state index in [1.165, 1.54) is 0 Å². The predicted octanol–water partition coefficient (Wildman–Crippen LogP) is 1.28. The Bertz CT molecular complexity index is 208. The molecule has 2 unspecified atom stereocenters. The van der Waals surface area contributed by atoms with Crippen LogP contribution in [0, 0.1) is 11.3 Å². The average Bonchev–Trinajstić information content (AvgIpc) is 2.08. The molecule has 2 N–H and O–H groups in total. The lowest BCUT2D eigenvalue weighted by Gasteiger charge is -2.31. The van der Waals surface area contributed by atoms with Crippen molar-refractivity contribution in [2.24, 2.45) is 5.92 Å². The highest BCUT2D eigenvalue weighted by atomic mass is 19.1. The van der Waals surface area contributed by atoms with Crippen LogP contribution in [0.4, 0.5) is 4.39 Å². The van der Waals surface area contributed by atoms with Gasteiger partial charge in [0.15, 0.2) is 0 Å². The zero-order valence-electron chi connectivity index (χ0n) is 7.72. The van der Waals surface area contributed by atoms with E-state index in [4.69, 9.17) is 5.41 Å². The maximum atomic E-state index is 13.3. The number of carbonyl (C=O) groups is 1. The molecule has 0 aromatic carbocycles. The molecule has 13 heavy (non-hydrogen) atoms. The van der Waals surface area contributed by atoms with E-state index in [-0.39, 0.29) is 12.0 Å². The third-order valence-corrected chi connectivity index (χ3v) is 2.63. The molecule has 0 aromatic rings. The smallest absolute Gasteiger partial charge is 0.207 e. The zero-order chi connectivity index (χ0) is 9.84. The Kier molecular flexibility index (Phi) is 3.39. The molecule has 4 heteroatoms. The van der Waals surface area contributed by atoms with Crippen molar-refractivity contribution in [3.05, 3.63) is 0 Å². The summed E-state index contributed by atoms with van der Waals surface area (Å²) in [6, 6.07) is 0.0507. The van der Waals surface area contributed by atoms with Gasteiger partial charge in [0, 0.05) is 17.7 Å². The van der Waals surface area contributed by atoms with Crippen LogP contribution in [0.5, 0.6) is 0 Å². The van der Waals surface area contributed by atoms with Crippen molar-refractivity contribution >= 4 is 12.1 Å². The van der Waals surface area contributed by atoms with Crippen LogP contribution in [0.15, 0.2) is 0 Å². The first-order chi connectivity index (χ1) is 6.15. The first-order valence-corrected chi connectivity index (χ1v) is 4.54. The Morgan fingerprint density at radius 2 is 2.31 bits per heavy atom. The number of hydrogen-bond donors (Lipinski definition) is 2. The first kappa shape index (κ1) is 10.2. The van der Waals surface area contributed by atoms with Crippen LogP contribution < -0.4 is 5.32 Å². The van der Waals surface area contributed by atoms with Gasteiger partial charge < -0.3 is 10.7 Å². The van der Waals surface area contributed by atoms with Gasteiger partial charge in [0.25, 0.3) is 0 Å². The minimum Gasteiger partial charge on any atom is -0.356 e. The van der Waals surface area contributed by atoms with E-state index in [1.54, 1.807) is 6.92 Å². The van der Waals surface area contributed by atoms with Crippen LogP contribution in [0.3, 0.4) is 0 Å². The topological polar surface area (TPSA) is 53.0 Å². The van der Waals surface area contributed by atoms with Crippen molar-refractivity contribution < 1.29 is 9.18 Å². The lowest BCUT2D eigenvalue weighted by atomic mass is 9.82. The molecule has 0 spiro atoms. The van der Waals surface area contributed by atoms with Crippen LogP contribution in [0.25, 0.3) is 0 Å². The molecule has 1 aliphatic carbocycles. The summed E-state index contributed by atoms with van der Waals surface area (Å²) in [5.41, 5.74) is 0.380. The Hall–Kier alpha value is -0.930. The number of hydrogen-bond acceptors (Lipinski definition) is 2. The molecule has 1 amide bonds. The van der Waals surface area contributed by atoms with E-state index in [0.717, 1.165) is 0 Å². The van der Waals surface area contributed by atoms with Gasteiger partial charge in [0.2, 0.25) is 6.41 Å². The number of amides is 1. The second-order valence-electron chi connectivity index (χ2n) is 3.60. The maximum absolute atomic E-state index is 13.3. The fourth-order valence-corrected chi connectivity index (χ4v) is 1.83. The van der Waals surface area contributed by atoms with Gasteiger partial charge in [-0.2, -0.15) is 0 Å². The number of carbonyl (C=O) groups excluding carboxylic acids is 1. The molecule has 3 nitrogen and oxygen atoms in total. The molecule has 0 saturated heterocycles. The predicted molar refractivity (Wildman–Crippen MR) is 48.6 cm³/mol. The van der Waals surface area contributed by atoms with E-state index in [1.807, 2.05) is 0 Å². The van der Waals surface area contributed by atoms with Crippen molar-refractivity contribution in [2.75, 3.05) is 0 Å². The summed E-state index contributed by atoms with van der Waals surface area (Å²) in [5, 5.41) is 10.0. The highest BCUT2D eigenvalue weighted by Crippen LogP contribution is 2.27. The second kappa shape index (κ2) is 4.35. The van der Waals surface area contributed by atoms with Crippen molar-refractivity contribution in [1.82, 2.24) is 5.32 Å². The summed E-state index contributed by atoms with van der Waals surface area (Å²) in [5.74, 6) is -0.300. The Morgan fingerprint density at radius 1 is 1.62 bits per heavy atom. The summed E-state index contributed by atoms with van der Waals surface area (Å²) in [7, 11) is 0. The highest BCUT2D eigenvalue weighted by Gasteiger charge is 2.31. The number of alkyl halides is 1. The van der Waals surface area contributed by atoms with Crippen LogP contribution in [0.1, 0.15) is 26.2 Å². The molecule has 3 atom stereocenters. The van der Waals surface area contributed by atoms with E-state index in [2.05, 4.69) is 5.32 Å². The minimum absolute atomic E-state index is 0.0507. The maximum Gasteiger partial charge on any atom is 0.207 e. The van der Waals surface area contributed by atoms with Crippen molar-refractivity contribution in [3.8, 4) is 0 Å². The lowest BCUT2D eigenvalue weighted by molar-refractivity contribution is -0.110. The molecule has 1 saturated carbocycles. The molecule has 1 rings (SSSR count). The number of nitrogens with one attached hydrogen (secondary N) is 2. The molecule has 0 bridgehead atoms. The van der Waals surface area contributed by atoms with Gasteiger partial charge >= 0.3 is 0 Å². The number of rotatable bonds is 3. The zero-order valence-corrected chi connectivity index (χ0v) is 7.72. The fraction of sp³-hybridized carbons (Fsp3) is 0.778. The summed E-state index contributed by atoms with van der Waals surface area (Å²) >= 11 is 0. The average molecular weight is 186 g/mol. The van der Waals surface area contributed by atoms with E-state index >= 15 is 0 Å². The molecule has 1 fully saturated rings. The first-order valence-electron chi connectivity index (χ1n) is 4.54. The van der Waals surface area contributed by atoms with Gasteiger partial charge in [-0.05, 0) is 26.2 Å². The van der Waals surface area contributed by atoms with Gasteiger partial charge in [0.1, 0.15) is 6.17 Å². The van der Waals surface area contributed by atoms with Gasteiger partial charge in [-0.1, -0.05) is 0 Å². The molecule has 1 aliphatic rings. The lowest BCUT2D eigenvalue weighted by Crippen LogP contribution is -2.40. The molecule has 0 heterocycles. The second-order valence-corrected chi connectivity index (χ2v) is 3.60. The van der Waals surface area contributed by atoms with E-state index < -0.39 is 6.17 Å². The molecular weight excluding hydrogens is 171 g/mol. The Morgan fingerprint density at radius 3 is 2.85 bits per heavy atom. The van der Waals surface area contributed by atoms with Crippen LogP contribution in [-0.2, 0) is 4.79 Å². The minimum atomic E-state index is -0.901. The Balaban J connectivity index is 2.52.